The molecule has 0 radical (unpaired) electrons. The lowest BCUT2D eigenvalue weighted by atomic mass is 10.1. The first kappa shape index (κ1) is 11.9. The van der Waals surface area contributed by atoms with E-state index in [1.165, 1.54) is 18.2 Å². The zero-order valence-electron chi connectivity index (χ0n) is 8.34. The van der Waals surface area contributed by atoms with Crippen LogP contribution in [0.1, 0.15) is 5.56 Å². The highest BCUT2D eigenvalue weighted by atomic mass is 19.4. The molecular formula is C11H7F5O. The predicted octanol–water partition coefficient (Wildman–Crippen LogP) is 3.66. The Kier molecular flexibility index (Phi) is 2.60. The second-order valence-corrected chi connectivity index (χ2v) is 3.56. The van der Waals surface area contributed by atoms with Crippen molar-refractivity contribution in [3.05, 3.63) is 35.9 Å². The Morgan fingerprint density at radius 3 is 2.29 bits per heavy atom. The number of halogens is 5. The largest absolute Gasteiger partial charge is 0.479 e. The van der Waals surface area contributed by atoms with Gasteiger partial charge in [0.25, 0.3) is 0 Å². The van der Waals surface area contributed by atoms with Gasteiger partial charge in [-0.25, -0.2) is 0 Å². The van der Waals surface area contributed by atoms with E-state index in [-0.39, 0.29) is 5.75 Å². The van der Waals surface area contributed by atoms with E-state index in [2.05, 4.69) is 4.74 Å². The van der Waals surface area contributed by atoms with Crippen LogP contribution >= 0.6 is 0 Å². The summed E-state index contributed by atoms with van der Waals surface area (Å²) < 4.78 is 67.1. The third-order valence-electron chi connectivity index (χ3n) is 2.36. The van der Waals surface area contributed by atoms with Gasteiger partial charge >= 0.3 is 12.1 Å². The summed E-state index contributed by atoms with van der Waals surface area (Å²) in [6, 6.07) is 6.04. The average molecular weight is 250 g/mol. The van der Waals surface area contributed by atoms with E-state index in [0.29, 0.717) is 5.56 Å². The summed E-state index contributed by atoms with van der Waals surface area (Å²) >= 11 is 0. The summed E-state index contributed by atoms with van der Waals surface area (Å²) in [5, 5.41) is 0. The van der Waals surface area contributed by atoms with Gasteiger partial charge in [0.1, 0.15) is 5.75 Å². The van der Waals surface area contributed by atoms with Gasteiger partial charge in [-0.05, 0) is 12.1 Å². The zero-order valence-corrected chi connectivity index (χ0v) is 8.34. The highest BCUT2D eigenvalue weighted by Gasteiger charge is 2.63. The maximum absolute atomic E-state index is 13.0. The van der Waals surface area contributed by atoms with Gasteiger partial charge in [-0.2, -0.15) is 22.0 Å². The number of rotatable bonds is 1. The average Bonchev–Trinajstić information content (AvgIpc) is 2.27. The number of benzene rings is 1. The molecule has 1 aromatic rings. The third kappa shape index (κ3) is 1.99. The van der Waals surface area contributed by atoms with Crippen LogP contribution in [0.3, 0.4) is 0 Å². The highest BCUT2D eigenvalue weighted by molar-refractivity contribution is 5.60. The van der Waals surface area contributed by atoms with Crippen molar-refractivity contribution in [2.45, 2.75) is 18.2 Å². The van der Waals surface area contributed by atoms with Gasteiger partial charge in [-0.3, -0.25) is 0 Å². The van der Waals surface area contributed by atoms with E-state index in [1.54, 1.807) is 12.1 Å². The molecular weight excluding hydrogens is 243 g/mol. The molecule has 0 saturated heterocycles. The first-order valence-electron chi connectivity index (χ1n) is 4.71. The molecule has 0 aromatic heterocycles. The number of hydrogen-bond donors (Lipinski definition) is 0. The van der Waals surface area contributed by atoms with Crippen molar-refractivity contribution in [2.24, 2.45) is 0 Å². The van der Waals surface area contributed by atoms with Crippen LogP contribution in [0.15, 0.2) is 30.3 Å². The molecule has 1 atom stereocenters. The summed E-state index contributed by atoms with van der Waals surface area (Å²) in [5.74, 6) is -4.89. The second-order valence-electron chi connectivity index (χ2n) is 3.56. The quantitative estimate of drug-likeness (QED) is 0.691. The Labute approximate surface area is 93.5 Å². The van der Waals surface area contributed by atoms with Crippen molar-refractivity contribution in [3.8, 4) is 5.75 Å². The number of ether oxygens (including phenoxy) is 1. The fourth-order valence-corrected chi connectivity index (χ4v) is 1.45. The lowest BCUT2D eigenvalue weighted by molar-refractivity contribution is -0.302. The topological polar surface area (TPSA) is 9.23 Å². The lowest BCUT2D eigenvalue weighted by Gasteiger charge is -2.29. The second kappa shape index (κ2) is 3.72. The minimum absolute atomic E-state index is 0.0175. The fraction of sp³-hybridized carbons (Fsp3) is 0.273. The number of para-hydroxylation sites is 1. The van der Waals surface area contributed by atoms with Gasteiger partial charge in [0, 0.05) is 5.56 Å². The van der Waals surface area contributed by atoms with E-state index in [1.807, 2.05) is 0 Å². The molecule has 1 aromatic carbocycles. The molecule has 1 aliphatic rings. The lowest BCUT2D eigenvalue weighted by Crippen LogP contribution is -2.49. The van der Waals surface area contributed by atoms with E-state index < -0.39 is 18.2 Å². The van der Waals surface area contributed by atoms with Crippen molar-refractivity contribution in [1.29, 1.82) is 0 Å². The fourth-order valence-electron chi connectivity index (χ4n) is 1.45. The Morgan fingerprint density at radius 2 is 1.65 bits per heavy atom. The molecule has 1 nitrogen and oxygen atoms in total. The van der Waals surface area contributed by atoms with Crippen molar-refractivity contribution in [2.75, 3.05) is 0 Å². The molecule has 17 heavy (non-hydrogen) atoms. The van der Waals surface area contributed by atoms with Gasteiger partial charge in [0.05, 0.1) is 0 Å². The Morgan fingerprint density at radius 1 is 1.00 bits per heavy atom. The maximum Gasteiger partial charge on any atom is 0.457 e. The molecule has 0 spiro atoms. The SMILES string of the molecule is FC(F)(F)C(F)(F)C1C=Cc2ccccc2O1. The van der Waals surface area contributed by atoms with Gasteiger partial charge in [-0.15, -0.1) is 0 Å². The minimum Gasteiger partial charge on any atom is -0.479 e. The smallest absolute Gasteiger partial charge is 0.457 e. The van der Waals surface area contributed by atoms with Crippen LogP contribution in [0.5, 0.6) is 5.75 Å². The molecule has 0 fully saturated rings. The first-order valence-corrected chi connectivity index (χ1v) is 4.71. The molecule has 0 amide bonds. The van der Waals surface area contributed by atoms with Gasteiger partial charge < -0.3 is 4.74 Å². The maximum atomic E-state index is 13.0. The van der Waals surface area contributed by atoms with Crippen molar-refractivity contribution >= 4 is 6.08 Å². The Balaban J connectivity index is 2.30. The zero-order chi connectivity index (χ0) is 12.7. The monoisotopic (exact) mass is 250 g/mol. The van der Waals surface area contributed by atoms with Crippen molar-refractivity contribution < 1.29 is 26.7 Å². The van der Waals surface area contributed by atoms with Crippen LogP contribution in [0.2, 0.25) is 0 Å². The number of hydrogen-bond acceptors (Lipinski definition) is 1. The highest BCUT2D eigenvalue weighted by Crippen LogP contribution is 2.42. The summed E-state index contributed by atoms with van der Waals surface area (Å²) in [5.41, 5.74) is 0.474. The molecule has 1 heterocycles. The van der Waals surface area contributed by atoms with Crippen LogP contribution in [0.25, 0.3) is 6.08 Å². The van der Waals surface area contributed by atoms with Crippen molar-refractivity contribution in [1.82, 2.24) is 0 Å². The van der Waals surface area contributed by atoms with Crippen LogP contribution in [0, 0.1) is 0 Å². The molecule has 0 saturated carbocycles. The standard InChI is InChI=1S/C11H7F5O/c12-10(13,11(14,15)16)9-6-5-7-3-1-2-4-8(7)17-9/h1-6,9H. The summed E-state index contributed by atoms with van der Waals surface area (Å²) in [7, 11) is 0. The molecule has 92 valence electrons. The van der Waals surface area contributed by atoms with Crippen LogP contribution in [-0.4, -0.2) is 18.2 Å². The van der Waals surface area contributed by atoms with Crippen LogP contribution < -0.4 is 4.74 Å². The van der Waals surface area contributed by atoms with E-state index in [0.717, 1.165) is 6.08 Å². The summed E-state index contributed by atoms with van der Waals surface area (Å²) in [6.45, 7) is 0. The molecule has 0 aliphatic carbocycles. The van der Waals surface area contributed by atoms with E-state index >= 15 is 0 Å². The first-order chi connectivity index (χ1) is 7.82. The molecule has 1 aliphatic heterocycles. The molecule has 1 unspecified atom stereocenters. The van der Waals surface area contributed by atoms with Crippen LogP contribution in [0.4, 0.5) is 22.0 Å². The van der Waals surface area contributed by atoms with Gasteiger partial charge in [-0.1, -0.05) is 24.3 Å². The molecule has 0 bridgehead atoms. The van der Waals surface area contributed by atoms with E-state index in [4.69, 9.17) is 0 Å². The van der Waals surface area contributed by atoms with Crippen molar-refractivity contribution in [3.63, 3.8) is 0 Å². The van der Waals surface area contributed by atoms with Crippen LogP contribution in [-0.2, 0) is 0 Å². The number of fused-ring (bicyclic) bond motifs is 1. The Bertz CT molecular complexity index is 449. The predicted molar refractivity (Wildman–Crippen MR) is 50.9 cm³/mol. The van der Waals surface area contributed by atoms with Gasteiger partial charge in [0.15, 0.2) is 6.10 Å². The Hall–Kier alpha value is -1.59. The molecule has 2 rings (SSSR count). The summed E-state index contributed by atoms with van der Waals surface area (Å²) in [4.78, 5) is 0. The normalized spacial score (nSPS) is 19.7. The van der Waals surface area contributed by atoms with Gasteiger partial charge in [0.2, 0.25) is 0 Å². The molecule has 0 N–H and O–H groups in total. The molecule has 6 heteroatoms. The number of alkyl halides is 5. The summed E-state index contributed by atoms with van der Waals surface area (Å²) in [6.07, 6.45) is -6.04. The minimum atomic E-state index is -5.63. The van der Waals surface area contributed by atoms with E-state index in [9.17, 15) is 22.0 Å². The third-order valence-corrected chi connectivity index (χ3v) is 2.36.